The second kappa shape index (κ2) is 6.30. The van der Waals surface area contributed by atoms with Gasteiger partial charge >= 0.3 is 5.97 Å². The largest absolute Gasteiger partial charge is 0.462 e. The van der Waals surface area contributed by atoms with Crippen LogP contribution in [0.4, 0.5) is 0 Å². The van der Waals surface area contributed by atoms with Crippen LogP contribution in [0, 0.1) is 34.0 Å². The topological polar surface area (TPSA) is 87.0 Å². The van der Waals surface area contributed by atoms with Gasteiger partial charge in [-0.15, -0.1) is 0 Å². The van der Waals surface area contributed by atoms with Crippen LogP contribution in [0.15, 0.2) is 11.6 Å². The fourth-order valence-corrected chi connectivity index (χ4v) is 7.76. The summed E-state index contributed by atoms with van der Waals surface area (Å²) in [7, 11) is 0. The summed E-state index contributed by atoms with van der Waals surface area (Å²) in [6.07, 6.45) is 6.81. The number of rotatable bonds is 3. The molecule has 0 unspecified atom stereocenters. The van der Waals surface area contributed by atoms with Crippen molar-refractivity contribution >= 4 is 5.97 Å². The fraction of sp³-hybridized carbons (Fsp3) is 0.864. The van der Waals surface area contributed by atoms with Crippen molar-refractivity contribution in [2.45, 2.75) is 71.5 Å². The zero-order valence-electron chi connectivity index (χ0n) is 16.8. The van der Waals surface area contributed by atoms with Crippen LogP contribution < -0.4 is 0 Å². The number of aliphatic hydroxyl groups excluding tert-OH is 3. The minimum atomic E-state index is -0.541. The van der Waals surface area contributed by atoms with E-state index in [-0.39, 0.29) is 42.0 Å². The predicted molar refractivity (Wildman–Crippen MR) is 101 cm³/mol. The van der Waals surface area contributed by atoms with Gasteiger partial charge in [0.05, 0.1) is 19.3 Å². The summed E-state index contributed by atoms with van der Waals surface area (Å²) < 4.78 is 5.63. The van der Waals surface area contributed by atoms with Gasteiger partial charge in [-0.25, -0.2) is 0 Å². The Morgan fingerprint density at radius 3 is 2.59 bits per heavy atom. The lowest BCUT2D eigenvalue weighted by Crippen LogP contribution is -2.65. The minimum absolute atomic E-state index is 0.0142. The molecule has 0 aliphatic heterocycles. The molecule has 2 bridgehead atoms. The zero-order chi connectivity index (χ0) is 19.6. The molecule has 0 aromatic carbocycles. The lowest BCUT2D eigenvalue weighted by atomic mass is 9.40. The van der Waals surface area contributed by atoms with E-state index in [4.69, 9.17) is 4.74 Å². The lowest BCUT2D eigenvalue weighted by Gasteiger charge is -2.66. The molecule has 3 N–H and O–H groups in total. The Hall–Kier alpha value is -0.910. The van der Waals surface area contributed by atoms with Crippen LogP contribution in [0.3, 0.4) is 0 Å². The van der Waals surface area contributed by atoms with Crippen LogP contribution in [-0.2, 0) is 9.53 Å². The predicted octanol–water partition coefficient (Wildman–Crippen LogP) is 2.43. The van der Waals surface area contributed by atoms with Crippen molar-refractivity contribution < 1.29 is 24.9 Å². The third kappa shape index (κ3) is 2.50. The van der Waals surface area contributed by atoms with Crippen molar-refractivity contribution in [1.82, 2.24) is 0 Å². The summed E-state index contributed by atoms with van der Waals surface area (Å²) >= 11 is 0. The van der Waals surface area contributed by atoms with Crippen molar-refractivity contribution in [3.63, 3.8) is 0 Å². The van der Waals surface area contributed by atoms with E-state index in [0.29, 0.717) is 18.3 Å². The van der Waals surface area contributed by atoms with Crippen molar-refractivity contribution in [3.05, 3.63) is 11.6 Å². The van der Waals surface area contributed by atoms with Gasteiger partial charge < -0.3 is 20.1 Å². The molecule has 3 fully saturated rings. The van der Waals surface area contributed by atoms with Gasteiger partial charge in [-0.1, -0.05) is 19.9 Å². The van der Waals surface area contributed by atoms with Crippen LogP contribution >= 0.6 is 0 Å². The first-order chi connectivity index (χ1) is 12.7. The quantitative estimate of drug-likeness (QED) is 0.519. The van der Waals surface area contributed by atoms with Crippen molar-refractivity contribution in [2.24, 2.45) is 34.0 Å². The molecule has 0 aromatic heterocycles. The molecule has 0 aromatic rings. The average Bonchev–Trinajstić information content (AvgIpc) is 2.92. The van der Waals surface area contributed by atoms with E-state index < -0.39 is 11.5 Å². The Bertz CT molecular complexity index is 659. The molecular formula is C22H34O5. The third-order valence-corrected chi connectivity index (χ3v) is 9.01. The number of carbonyl (C=O) groups is 1. The van der Waals surface area contributed by atoms with E-state index in [2.05, 4.69) is 13.0 Å². The first-order valence-electron chi connectivity index (χ1n) is 10.5. The van der Waals surface area contributed by atoms with E-state index >= 15 is 0 Å². The molecule has 4 rings (SSSR count). The summed E-state index contributed by atoms with van der Waals surface area (Å²) in [6.45, 7) is 5.84. The summed E-state index contributed by atoms with van der Waals surface area (Å²) in [4.78, 5) is 11.6. The van der Waals surface area contributed by atoms with Crippen LogP contribution in [0.2, 0.25) is 0 Å². The van der Waals surface area contributed by atoms with Gasteiger partial charge in [0.25, 0.3) is 0 Å². The highest BCUT2D eigenvalue weighted by atomic mass is 16.5. The molecule has 0 heterocycles. The third-order valence-electron chi connectivity index (χ3n) is 9.01. The second-order valence-corrected chi connectivity index (χ2v) is 10.1. The Morgan fingerprint density at radius 2 is 1.96 bits per heavy atom. The van der Waals surface area contributed by atoms with Gasteiger partial charge in [0.2, 0.25) is 0 Å². The Morgan fingerprint density at radius 1 is 1.22 bits per heavy atom. The Kier molecular flexibility index (Phi) is 4.53. The SMILES string of the molecule is CC(=O)O[C@@H]1CC[C@]2(C)[C@H](C[C@H](O)[C@]34C=C(CO)[C@H](CC[C@H]23)C4)[C@@]1(C)CO. The molecule has 1 spiro atoms. The molecule has 0 amide bonds. The molecule has 5 heteroatoms. The highest BCUT2D eigenvalue weighted by Gasteiger charge is 2.67. The summed E-state index contributed by atoms with van der Waals surface area (Å²) in [5.74, 6) is 0.538. The van der Waals surface area contributed by atoms with Gasteiger partial charge in [-0.05, 0) is 67.3 Å². The van der Waals surface area contributed by atoms with Gasteiger partial charge in [0, 0.05) is 17.8 Å². The number of ether oxygens (including phenoxy) is 1. The van der Waals surface area contributed by atoms with E-state index in [1.54, 1.807) is 0 Å². The molecule has 5 nitrogen and oxygen atoms in total. The summed E-state index contributed by atoms with van der Waals surface area (Å²) in [5, 5.41) is 31.5. The van der Waals surface area contributed by atoms with Crippen molar-refractivity contribution in [3.8, 4) is 0 Å². The number of esters is 1. The van der Waals surface area contributed by atoms with E-state index in [1.807, 2.05) is 6.92 Å². The molecular weight excluding hydrogens is 344 g/mol. The molecule has 3 saturated carbocycles. The molecule has 0 radical (unpaired) electrons. The van der Waals surface area contributed by atoms with Crippen molar-refractivity contribution in [1.29, 1.82) is 0 Å². The van der Waals surface area contributed by atoms with Crippen LogP contribution in [-0.4, -0.2) is 46.7 Å². The first kappa shape index (κ1) is 19.4. The average molecular weight is 379 g/mol. The number of hydrogen-bond donors (Lipinski definition) is 3. The van der Waals surface area contributed by atoms with Gasteiger partial charge in [-0.3, -0.25) is 4.79 Å². The maximum Gasteiger partial charge on any atom is 0.302 e. The molecule has 4 aliphatic rings. The highest BCUT2D eigenvalue weighted by molar-refractivity contribution is 5.66. The maximum atomic E-state index is 11.6. The normalized spacial score (nSPS) is 51.2. The van der Waals surface area contributed by atoms with Gasteiger partial charge in [-0.2, -0.15) is 0 Å². The molecule has 27 heavy (non-hydrogen) atoms. The molecule has 0 saturated heterocycles. The highest BCUT2D eigenvalue weighted by Crippen LogP contribution is 2.70. The summed E-state index contributed by atoms with van der Waals surface area (Å²) in [5.41, 5.74) is 0.314. The summed E-state index contributed by atoms with van der Waals surface area (Å²) in [6, 6.07) is 0. The minimum Gasteiger partial charge on any atom is -0.462 e. The van der Waals surface area contributed by atoms with E-state index in [1.165, 1.54) is 6.92 Å². The van der Waals surface area contributed by atoms with Crippen LogP contribution in [0.5, 0.6) is 0 Å². The Balaban J connectivity index is 1.74. The fourth-order valence-electron chi connectivity index (χ4n) is 7.76. The molecule has 8 atom stereocenters. The first-order valence-corrected chi connectivity index (χ1v) is 10.5. The lowest BCUT2D eigenvalue weighted by molar-refractivity contribution is -0.228. The zero-order valence-corrected chi connectivity index (χ0v) is 16.8. The maximum absolute atomic E-state index is 11.6. The number of fused-ring (bicyclic) bond motifs is 3. The number of aliphatic hydroxyl groups is 3. The van der Waals surface area contributed by atoms with Crippen molar-refractivity contribution in [2.75, 3.05) is 13.2 Å². The van der Waals surface area contributed by atoms with E-state index in [0.717, 1.165) is 37.7 Å². The number of carbonyl (C=O) groups excluding carboxylic acids is 1. The van der Waals surface area contributed by atoms with Crippen LogP contribution in [0.25, 0.3) is 0 Å². The van der Waals surface area contributed by atoms with Gasteiger partial charge in [0.15, 0.2) is 0 Å². The molecule has 4 aliphatic carbocycles. The number of hydrogen-bond acceptors (Lipinski definition) is 5. The smallest absolute Gasteiger partial charge is 0.302 e. The monoisotopic (exact) mass is 378 g/mol. The standard InChI is InChI=1S/C22H34O5/c1-13(25)27-19-6-7-20(2)16-5-4-14-9-22(16,10-15(14)11-23)18(26)8-17(20)21(19,3)12-24/h10,14,16-19,23-24,26H,4-9,11-12H2,1-3H3/t14-,16-,17+,18+,19-,20+,21-,22-/m1/s1. The van der Waals surface area contributed by atoms with E-state index in [9.17, 15) is 20.1 Å². The molecule has 152 valence electrons. The Labute approximate surface area is 161 Å². The van der Waals surface area contributed by atoms with Gasteiger partial charge in [0.1, 0.15) is 6.10 Å². The van der Waals surface area contributed by atoms with Crippen LogP contribution in [0.1, 0.15) is 59.3 Å². The second-order valence-electron chi connectivity index (χ2n) is 10.1.